The van der Waals surface area contributed by atoms with Gasteiger partial charge in [0.25, 0.3) is 0 Å². The highest BCUT2D eigenvalue weighted by molar-refractivity contribution is 9.11. The smallest absolute Gasteiger partial charge is 0.335 e. The van der Waals surface area contributed by atoms with E-state index in [1.807, 2.05) is 0 Å². The molecule has 1 rings (SSSR count). The van der Waals surface area contributed by atoms with Crippen molar-refractivity contribution in [3.8, 4) is 0 Å². The van der Waals surface area contributed by atoms with Crippen molar-refractivity contribution in [2.45, 2.75) is 32.8 Å². The standard InChI is InChI=1S/C11H16Br2O2/c1-7(2)3-4-10-8(5-12)9(6-13)11(14)15-10/h6-8,10H,3-5H2,1-2H3/b9-6-/t8-,10+/m1/s1. The molecule has 86 valence electrons. The third kappa shape index (κ3) is 3.31. The zero-order chi connectivity index (χ0) is 11.4. The normalized spacial score (nSPS) is 28.9. The van der Waals surface area contributed by atoms with Crippen LogP contribution in [-0.2, 0) is 9.53 Å². The van der Waals surface area contributed by atoms with Crippen molar-refractivity contribution in [3.63, 3.8) is 0 Å². The van der Waals surface area contributed by atoms with E-state index in [4.69, 9.17) is 4.74 Å². The number of carbonyl (C=O) groups excluding carboxylic acids is 1. The average molecular weight is 340 g/mol. The Bertz CT molecular complexity index is 261. The molecule has 4 heteroatoms. The molecule has 0 aromatic heterocycles. The van der Waals surface area contributed by atoms with Gasteiger partial charge >= 0.3 is 5.97 Å². The fourth-order valence-electron chi connectivity index (χ4n) is 1.70. The summed E-state index contributed by atoms with van der Waals surface area (Å²) in [7, 11) is 0. The molecule has 0 aliphatic carbocycles. The van der Waals surface area contributed by atoms with Gasteiger partial charge in [-0.1, -0.05) is 45.7 Å². The first-order valence-electron chi connectivity index (χ1n) is 5.17. The fraction of sp³-hybridized carbons (Fsp3) is 0.727. The maximum atomic E-state index is 11.5. The van der Waals surface area contributed by atoms with Gasteiger partial charge in [0, 0.05) is 11.2 Å². The molecule has 1 aliphatic rings. The molecule has 2 nitrogen and oxygen atoms in total. The maximum Gasteiger partial charge on any atom is 0.335 e. The molecular formula is C11H16Br2O2. The van der Waals surface area contributed by atoms with Gasteiger partial charge in [0.2, 0.25) is 0 Å². The quantitative estimate of drug-likeness (QED) is 0.444. The number of alkyl halides is 1. The topological polar surface area (TPSA) is 26.3 Å². The van der Waals surface area contributed by atoms with Crippen molar-refractivity contribution in [1.82, 2.24) is 0 Å². The highest BCUT2D eigenvalue weighted by atomic mass is 79.9. The fourth-order valence-corrected chi connectivity index (χ4v) is 3.00. The summed E-state index contributed by atoms with van der Waals surface area (Å²) in [6, 6.07) is 0. The summed E-state index contributed by atoms with van der Waals surface area (Å²) < 4.78 is 5.35. The second-order valence-electron chi connectivity index (χ2n) is 4.24. The second-order valence-corrected chi connectivity index (χ2v) is 5.35. The van der Waals surface area contributed by atoms with E-state index in [9.17, 15) is 4.79 Å². The zero-order valence-corrected chi connectivity index (χ0v) is 12.2. The van der Waals surface area contributed by atoms with E-state index in [1.165, 1.54) is 0 Å². The van der Waals surface area contributed by atoms with Gasteiger partial charge in [0.1, 0.15) is 6.10 Å². The van der Waals surface area contributed by atoms with Crippen LogP contribution in [0.5, 0.6) is 0 Å². The van der Waals surface area contributed by atoms with E-state index in [0.29, 0.717) is 5.92 Å². The van der Waals surface area contributed by atoms with Crippen LogP contribution < -0.4 is 0 Å². The summed E-state index contributed by atoms with van der Waals surface area (Å²) in [5, 5.41) is 0.777. The number of esters is 1. The monoisotopic (exact) mass is 338 g/mol. The predicted molar refractivity (Wildman–Crippen MR) is 68.2 cm³/mol. The summed E-state index contributed by atoms with van der Waals surface area (Å²) in [5.41, 5.74) is 0.751. The number of ether oxygens (including phenoxy) is 1. The van der Waals surface area contributed by atoms with Crippen LogP contribution in [0.4, 0.5) is 0 Å². The van der Waals surface area contributed by atoms with Crippen LogP contribution in [0.15, 0.2) is 10.6 Å². The van der Waals surface area contributed by atoms with Crippen LogP contribution in [0.25, 0.3) is 0 Å². The van der Waals surface area contributed by atoms with Gasteiger partial charge in [0.15, 0.2) is 0 Å². The lowest BCUT2D eigenvalue weighted by Gasteiger charge is -2.16. The first-order chi connectivity index (χ1) is 7.10. The molecule has 0 bridgehead atoms. The Morgan fingerprint density at radius 1 is 1.53 bits per heavy atom. The molecule has 0 amide bonds. The number of cyclic esters (lactones) is 1. The van der Waals surface area contributed by atoms with Crippen LogP contribution in [0.1, 0.15) is 26.7 Å². The molecule has 0 unspecified atom stereocenters. The van der Waals surface area contributed by atoms with E-state index in [0.717, 1.165) is 23.7 Å². The van der Waals surface area contributed by atoms with E-state index in [1.54, 1.807) is 4.99 Å². The molecule has 1 saturated heterocycles. The molecule has 0 N–H and O–H groups in total. The van der Waals surface area contributed by atoms with E-state index >= 15 is 0 Å². The molecule has 2 atom stereocenters. The van der Waals surface area contributed by atoms with Crippen molar-refractivity contribution < 1.29 is 9.53 Å². The lowest BCUT2D eigenvalue weighted by atomic mass is 9.94. The second kappa shape index (κ2) is 6.04. The minimum Gasteiger partial charge on any atom is -0.458 e. The number of halogens is 2. The zero-order valence-electron chi connectivity index (χ0n) is 9.00. The molecule has 1 aliphatic heterocycles. The highest BCUT2D eigenvalue weighted by Crippen LogP contribution is 2.33. The highest BCUT2D eigenvalue weighted by Gasteiger charge is 2.38. The SMILES string of the molecule is CC(C)CC[C@@H]1OC(=O)/C(=C\Br)[C@H]1CBr. The predicted octanol–water partition coefficient (Wildman–Crippen LogP) is 3.64. The van der Waals surface area contributed by atoms with Gasteiger partial charge in [-0.15, -0.1) is 0 Å². The Hall–Kier alpha value is 0.170. The van der Waals surface area contributed by atoms with Gasteiger partial charge in [0.05, 0.1) is 5.57 Å². The molecule has 0 spiro atoms. The molecule has 1 heterocycles. The van der Waals surface area contributed by atoms with E-state index in [2.05, 4.69) is 45.7 Å². The molecule has 0 aromatic carbocycles. The van der Waals surface area contributed by atoms with Crippen molar-refractivity contribution in [1.29, 1.82) is 0 Å². The minimum atomic E-state index is -0.176. The molecular weight excluding hydrogens is 324 g/mol. The van der Waals surface area contributed by atoms with E-state index < -0.39 is 0 Å². The lowest BCUT2D eigenvalue weighted by molar-refractivity contribution is -0.139. The Balaban J connectivity index is 2.63. The number of hydrogen-bond acceptors (Lipinski definition) is 2. The maximum absolute atomic E-state index is 11.5. The summed E-state index contributed by atoms with van der Waals surface area (Å²) in [4.78, 5) is 13.2. The number of carbonyl (C=O) groups is 1. The summed E-state index contributed by atoms with van der Waals surface area (Å²) in [6.45, 7) is 4.36. The Labute approximate surface area is 108 Å². The minimum absolute atomic E-state index is 0.0445. The summed E-state index contributed by atoms with van der Waals surface area (Å²) in [6.07, 6.45) is 2.09. The third-order valence-electron chi connectivity index (χ3n) is 2.65. The van der Waals surface area contributed by atoms with Crippen LogP contribution in [0, 0.1) is 11.8 Å². The van der Waals surface area contributed by atoms with Crippen LogP contribution in [-0.4, -0.2) is 17.4 Å². The lowest BCUT2D eigenvalue weighted by Crippen LogP contribution is -2.18. The third-order valence-corrected chi connectivity index (χ3v) is 3.85. The Morgan fingerprint density at radius 2 is 2.20 bits per heavy atom. The number of rotatable bonds is 4. The van der Waals surface area contributed by atoms with Crippen molar-refractivity contribution in [2.75, 3.05) is 5.33 Å². The van der Waals surface area contributed by atoms with Crippen LogP contribution in [0.2, 0.25) is 0 Å². The molecule has 0 aromatic rings. The molecule has 0 radical (unpaired) electrons. The molecule has 1 fully saturated rings. The van der Waals surface area contributed by atoms with Gasteiger partial charge in [-0.25, -0.2) is 4.79 Å². The van der Waals surface area contributed by atoms with E-state index in [-0.39, 0.29) is 18.0 Å². The van der Waals surface area contributed by atoms with Gasteiger partial charge in [-0.05, 0) is 23.7 Å². The van der Waals surface area contributed by atoms with Crippen LogP contribution >= 0.6 is 31.9 Å². The van der Waals surface area contributed by atoms with Crippen LogP contribution in [0.3, 0.4) is 0 Å². The van der Waals surface area contributed by atoms with Crippen molar-refractivity contribution in [3.05, 3.63) is 10.6 Å². The first kappa shape index (κ1) is 13.2. The Morgan fingerprint density at radius 3 is 2.67 bits per heavy atom. The van der Waals surface area contributed by atoms with Crippen molar-refractivity contribution in [2.24, 2.45) is 11.8 Å². The summed E-state index contributed by atoms with van der Waals surface area (Å²) >= 11 is 6.66. The molecule has 15 heavy (non-hydrogen) atoms. The molecule has 0 saturated carbocycles. The van der Waals surface area contributed by atoms with Crippen molar-refractivity contribution >= 4 is 37.8 Å². The average Bonchev–Trinajstić information content (AvgIpc) is 2.50. The van der Waals surface area contributed by atoms with Gasteiger partial charge in [-0.2, -0.15) is 0 Å². The number of hydrogen-bond donors (Lipinski definition) is 0. The Kier molecular flexibility index (Phi) is 5.33. The van der Waals surface area contributed by atoms with Gasteiger partial charge in [-0.3, -0.25) is 0 Å². The first-order valence-corrected chi connectivity index (χ1v) is 7.21. The summed E-state index contributed by atoms with van der Waals surface area (Å²) in [5.74, 6) is 0.664. The largest absolute Gasteiger partial charge is 0.458 e. The van der Waals surface area contributed by atoms with Gasteiger partial charge < -0.3 is 4.74 Å².